The van der Waals surface area contributed by atoms with Crippen molar-refractivity contribution in [3.63, 3.8) is 0 Å². The van der Waals surface area contributed by atoms with Gasteiger partial charge in [-0.2, -0.15) is 0 Å². The van der Waals surface area contributed by atoms with Crippen LogP contribution < -0.4 is 15.4 Å². The third-order valence-electron chi connectivity index (χ3n) is 3.64. The van der Waals surface area contributed by atoms with E-state index in [1.807, 2.05) is 19.1 Å². The highest BCUT2D eigenvalue weighted by atomic mass is 19.2. The summed E-state index contributed by atoms with van der Waals surface area (Å²) in [6.45, 7) is 3.71. The summed E-state index contributed by atoms with van der Waals surface area (Å²) >= 11 is 0. The number of methoxy groups -OCH3 is 1. The summed E-state index contributed by atoms with van der Waals surface area (Å²) in [6, 6.07) is 8.85. The number of carbonyl (C=O) groups is 1. The molecule has 0 radical (unpaired) electrons. The number of ether oxygens (including phenoxy) is 1. The predicted molar refractivity (Wildman–Crippen MR) is 89.1 cm³/mol. The first kappa shape index (κ1) is 17.9. The molecule has 0 saturated carbocycles. The molecule has 0 spiro atoms. The Bertz CT molecular complexity index is 735. The smallest absolute Gasteiger partial charge is 0.238 e. The lowest BCUT2D eigenvalue weighted by Gasteiger charge is -2.15. The number of anilines is 1. The van der Waals surface area contributed by atoms with E-state index in [1.54, 1.807) is 13.0 Å². The summed E-state index contributed by atoms with van der Waals surface area (Å²) in [7, 11) is 1.53. The second-order valence-electron chi connectivity index (χ2n) is 5.53. The quantitative estimate of drug-likeness (QED) is 0.849. The van der Waals surface area contributed by atoms with Crippen LogP contribution in [0.2, 0.25) is 0 Å². The Morgan fingerprint density at radius 2 is 1.92 bits per heavy atom. The second-order valence-corrected chi connectivity index (χ2v) is 5.53. The minimum absolute atomic E-state index is 0.0251. The van der Waals surface area contributed by atoms with E-state index in [0.29, 0.717) is 17.0 Å². The van der Waals surface area contributed by atoms with Crippen molar-refractivity contribution in [1.82, 2.24) is 5.32 Å². The number of carbonyl (C=O) groups excluding carboxylic acids is 1. The molecule has 0 fully saturated rings. The molecule has 24 heavy (non-hydrogen) atoms. The van der Waals surface area contributed by atoms with E-state index in [9.17, 15) is 13.6 Å². The summed E-state index contributed by atoms with van der Waals surface area (Å²) in [5.41, 5.74) is 2.15. The molecular formula is C18H20F2N2O2. The molecule has 0 aromatic heterocycles. The van der Waals surface area contributed by atoms with Gasteiger partial charge in [0.25, 0.3) is 0 Å². The molecule has 2 rings (SSSR count). The van der Waals surface area contributed by atoms with Crippen molar-refractivity contribution in [1.29, 1.82) is 0 Å². The first-order valence-corrected chi connectivity index (χ1v) is 7.53. The Morgan fingerprint density at radius 3 is 2.58 bits per heavy atom. The van der Waals surface area contributed by atoms with E-state index in [-0.39, 0.29) is 18.5 Å². The molecule has 6 heteroatoms. The normalized spacial score (nSPS) is 11.9. The van der Waals surface area contributed by atoms with E-state index in [1.165, 1.54) is 13.2 Å². The van der Waals surface area contributed by atoms with Crippen LogP contribution in [0.4, 0.5) is 14.5 Å². The molecule has 2 aromatic rings. The van der Waals surface area contributed by atoms with Crippen LogP contribution >= 0.6 is 0 Å². The average Bonchev–Trinajstić information content (AvgIpc) is 2.55. The molecule has 2 aromatic carbocycles. The Morgan fingerprint density at radius 1 is 1.17 bits per heavy atom. The third-order valence-corrected chi connectivity index (χ3v) is 3.64. The van der Waals surface area contributed by atoms with Crippen LogP contribution in [0.3, 0.4) is 0 Å². The van der Waals surface area contributed by atoms with Crippen molar-refractivity contribution in [2.24, 2.45) is 0 Å². The zero-order chi connectivity index (χ0) is 17.7. The average molecular weight is 334 g/mol. The van der Waals surface area contributed by atoms with E-state index in [2.05, 4.69) is 10.6 Å². The first-order valence-electron chi connectivity index (χ1n) is 7.53. The van der Waals surface area contributed by atoms with Crippen LogP contribution in [0.15, 0.2) is 36.4 Å². The van der Waals surface area contributed by atoms with Crippen LogP contribution in [-0.2, 0) is 4.79 Å². The van der Waals surface area contributed by atoms with Crippen molar-refractivity contribution in [2.45, 2.75) is 19.9 Å². The Kier molecular flexibility index (Phi) is 5.87. The summed E-state index contributed by atoms with van der Waals surface area (Å²) < 4.78 is 31.4. The molecule has 0 heterocycles. The van der Waals surface area contributed by atoms with Gasteiger partial charge in [0.1, 0.15) is 5.75 Å². The van der Waals surface area contributed by atoms with Crippen molar-refractivity contribution >= 4 is 11.6 Å². The van der Waals surface area contributed by atoms with Gasteiger partial charge in [0.2, 0.25) is 5.91 Å². The molecule has 0 bridgehead atoms. The van der Waals surface area contributed by atoms with Gasteiger partial charge in [-0.1, -0.05) is 12.1 Å². The fourth-order valence-electron chi connectivity index (χ4n) is 2.26. The zero-order valence-electron chi connectivity index (χ0n) is 13.8. The number of rotatable bonds is 6. The predicted octanol–water partition coefficient (Wildman–Crippen LogP) is 3.57. The van der Waals surface area contributed by atoms with Crippen molar-refractivity contribution in [2.75, 3.05) is 19.0 Å². The maximum absolute atomic E-state index is 13.3. The van der Waals surface area contributed by atoms with E-state index >= 15 is 0 Å². The van der Waals surface area contributed by atoms with E-state index in [0.717, 1.165) is 17.7 Å². The monoisotopic (exact) mass is 334 g/mol. The van der Waals surface area contributed by atoms with Crippen LogP contribution in [0.5, 0.6) is 5.75 Å². The first-order chi connectivity index (χ1) is 11.4. The molecule has 0 saturated heterocycles. The summed E-state index contributed by atoms with van der Waals surface area (Å²) in [5.74, 6) is -1.48. The Labute approximate surface area is 139 Å². The standard InChI is InChI=1S/C18H20F2N2O2/c1-11-4-7-17(24-3)16(8-11)22-18(23)10-21-12(2)13-5-6-14(19)15(20)9-13/h4-9,12,21H,10H2,1-3H3,(H,22,23). The number of nitrogens with one attached hydrogen (secondary N) is 2. The molecule has 0 aliphatic rings. The lowest BCUT2D eigenvalue weighted by molar-refractivity contribution is -0.115. The summed E-state index contributed by atoms with van der Waals surface area (Å²) in [6.07, 6.45) is 0. The van der Waals surface area contributed by atoms with Gasteiger partial charge in [0.15, 0.2) is 11.6 Å². The molecule has 128 valence electrons. The summed E-state index contributed by atoms with van der Waals surface area (Å²) in [5, 5.41) is 5.74. The summed E-state index contributed by atoms with van der Waals surface area (Å²) in [4.78, 5) is 12.1. The highest BCUT2D eigenvalue weighted by molar-refractivity contribution is 5.93. The second kappa shape index (κ2) is 7.88. The highest BCUT2D eigenvalue weighted by Crippen LogP contribution is 2.25. The number of amides is 1. The van der Waals surface area contributed by atoms with Gasteiger partial charge < -0.3 is 15.4 Å². The number of hydrogen-bond donors (Lipinski definition) is 2. The Balaban J connectivity index is 1.95. The van der Waals surface area contributed by atoms with Gasteiger partial charge >= 0.3 is 0 Å². The number of benzene rings is 2. The number of hydrogen-bond acceptors (Lipinski definition) is 3. The largest absolute Gasteiger partial charge is 0.495 e. The third kappa shape index (κ3) is 4.52. The molecule has 0 aliphatic heterocycles. The van der Waals surface area contributed by atoms with Crippen molar-refractivity contribution in [3.8, 4) is 5.75 Å². The van der Waals surface area contributed by atoms with Gasteiger partial charge in [-0.15, -0.1) is 0 Å². The van der Waals surface area contributed by atoms with Crippen LogP contribution in [0, 0.1) is 18.6 Å². The molecule has 1 atom stereocenters. The topological polar surface area (TPSA) is 50.4 Å². The molecular weight excluding hydrogens is 314 g/mol. The lowest BCUT2D eigenvalue weighted by atomic mass is 10.1. The van der Waals surface area contributed by atoms with Gasteiger partial charge in [-0.25, -0.2) is 8.78 Å². The van der Waals surface area contributed by atoms with Gasteiger partial charge in [0, 0.05) is 6.04 Å². The van der Waals surface area contributed by atoms with E-state index in [4.69, 9.17) is 4.74 Å². The SMILES string of the molecule is COc1ccc(C)cc1NC(=O)CNC(C)c1ccc(F)c(F)c1. The van der Waals surface area contributed by atoms with Crippen LogP contribution in [-0.4, -0.2) is 19.6 Å². The van der Waals surface area contributed by atoms with Gasteiger partial charge in [-0.05, 0) is 49.2 Å². The van der Waals surface area contributed by atoms with Gasteiger partial charge in [0.05, 0.1) is 19.3 Å². The maximum Gasteiger partial charge on any atom is 0.238 e. The minimum Gasteiger partial charge on any atom is -0.495 e. The van der Waals surface area contributed by atoms with E-state index < -0.39 is 11.6 Å². The van der Waals surface area contributed by atoms with Crippen molar-refractivity contribution < 1.29 is 18.3 Å². The number of halogens is 2. The van der Waals surface area contributed by atoms with Crippen LogP contribution in [0.25, 0.3) is 0 Å². The highest BCUT2D eigenvalue weighted by Gasteiger charge is 2.12. The number of aryl methyl sites for hydroxylation is 1. The molecule has 1 amide bonds. The minimum atomic E-state index is -0.907. The lowest BCUT2D eigenvalue weighted by Crippen LogP contribution is -2.30. The maximum atomic E-state index is 13.3. The molecule has 4 nitrogen and oxygen atoms in total. The Hall–Kier alpha value is -2.47. The van der Waals surface area contributed by atoms with Crippen molar-refractivity contribution in [3.05, 3.63) is 59.2 Å². The molecule has 2 N–H and O–H groups in total. The molecule has 0 aliphatic carbocycles. The molecule has 1 unspecified atom stereocenters. The zero-order valence-corrected chi connectivity index (χ0v) is 13.8. The van der Waals surface area contributed by atoms with Crippen LogP contribution in [0.1, 0.15) is 24.1 Å². The fraction of sp³-hybridized carbons (Fsp3) is 0.278. The fourth-order valence-corrected chi connectivity index (χ4v) is 2.26. The van der Waals surface area contributed by atoms with Gasteiger partial charge in [-0.3, -0.25) is 4.79 Å².